The smallest absolute Gasteiger partial charge is 0.136 e. The van der Waals surface area contributed by atoms with E-state index in [9.17, 15) is 0 Å². The molecule has 1 aliphatic rings. The van der Waals surface area contributed by atoms with Gasteiger partial charge >= 0.3 is 0 Å². The molecule has 0 saturated carbocycles. The van der Waals surface area contributed by atoms with Crippen molar-refractivity contribution in [1.82, 2.24) is 0 Å². The predicted molar refractivity (Wildman–Crippen MR) is 281 cm³/mol. The molecule has 1 nitrogen and oxygen atoms in total. The topological polar surface area (TPSA) is 13.1 Å². The van der Waals surface area contributed by atoms with Gasteiger partial charge in [-0.25, -0.2) is 0 Å². The van der Waals surface area contributed by atoms with Gasteiger partial charge in [0.05, 0.1) is 5.41 Å². The molecule has 0 bridgehead atoms. The summed E-state index contributed by atoms with van der Waals surface area (Å²) >= 11 is 0. The Hall–Kier alpha value is -8.26. The second-order valence-corrected chi connectivity index (χ2v) is 17.4. The minimum atomic E-state index is -0.497. The lowest BCUT2D eigenvalue weighted by atomic mass is 9.67. The average molecular weight is 845 g/mol. The summed E-state index contributed by atoms with van der Waals surface area (Å²) in [5, 5.41) is 4.52. The summed E-state index contributed by atoms with van der Waals surface area (Å²) in [5.41, 5.74) is 20.0. The van der Waals surface area contributed by atoms with Gasteiger partial charge in [-0.2, -0.15) is 0 Å². The molecule has 0 unspecified atom stereocenters. The van der Waals surface area contributed by atoms with Crippen molar-refractivity contribution in [2.45, 2.75) is 19.3 Å². The lowest BCUT2D eigenvalue weighted by Crippen LogP contribution is -2.28. The molecule has 0 aliphatic heterocycles. The molecule has 0 atom stereocenters. The molecule has 314 valence electrons. The first-order chi connectivity index (χ1) is 32.4. The molecule has 66 heavy (non-hydrogen) atoms. The molecular formula is C65H48O. The van der Waals surface area contributed by atoms with Crippen LogP contribution in [-0.2, 0) is 5.41 Å². The molecule has 1 aliphatic carbocycles. The third kappa shape index (κ3) is 6.89. The zero-order valence-electron chi connectivity index (χ0n) is 37.3. The Morgan fingerprint density at radius 3 is 1.74 bits per heavy atom. The standard InChI is InChI=1S/C65H48O/c1-5-7-17-46-26-31-50(36-43(46)3)47-27-29-48(30-28-47)53-38-52(44(4)37-49-19-12-11-18-45(49)6-2)39-54(40-53)51-32-34-59-60-35-33-56(42-64(60)66-63(59)41-51)65(55-20-9-8-10-21-55)61-24-15-13-22-57(61)58-23-14-16-25-62(58)65/h5-42H,1,4H2,2-3H3/b17-7-,45-6-,49-37-. The highest BCUT2D eigenvalue weighted by molar-refractivity contribution is 6.06. The fraction of sp³-hybridized carbons (Fsp3) is 0.0462. The van der Waals surface area contributed by atoms with E-state index in [1.165, 1.54) is 60.9 Å². The number of furan rings is 1. The van der Waals surface area contributed by atoms with Crippen molar-refractivity contribution in [3.05, 3.63) is 275 Å². The molecule has 1 aromatic heterocycles. The Morgan fingerprint density at radius 1 is 0.500 bits per heavy atom. The van der Waals surface area contributed by atoms with Crippen molar-refractivity contribution in [3.63, 3.8) is 0 Å². The lowest BCUT2D eigenvalue weighted by molar-refractivity contribution is 0.666. The zero-order chi connectivity index (χ0) is 44.8. The van der Waals surface area contributed by atoms with E-state index >= 15 is 0 Å². The fourth-order valence-electron chi connectivity index (χ4n) is 10.3. The van der Waals surface area contributed by atoms with E-state index in [1.54, 1.807) is 0 Å². The maximum atomic E-state index is 6.92. The summed E-state index contributed by atoms with van der Waals surface area (Å²) < 4.78 is 6.92. The van der Waals surface area contributed by atoms with Crippen LogP contribution < -0.4 is 10.4 Å². The maximum absolute atomic E-state index is 6.92. The number of benzene rings is 9. The first-order valence-corrected chi connectivity index (χ1v) is 22.7. The predicted octanol–water partition coefficient (Wildman–Crippen LogP) is 15.8. The SMILES string of the molecule is C=C/C=C\c1ccc(-c2ccc(-c3cc(C(=C)/C=c4/cccc/c4=C/C)cc(-c4ccc5c(c4)oc4cc(C6(c7ccccc7)c7ccccc7-c7ccccc76)ccc45)c3)cc2)cc1C. The van der Waals surface area contributed by atoms with Crippen molar-refractivity contribution >= 4 is 45.7 Å². The third-order valence-electron chi connectivity index (χ3n) is 13.6. The average Bonchev–Trinajstić information content (AvgIpc) is 3.89. The Morgan fingerprint density at radius 2 is 1.06 bits per heavy atom. The van der Waals surface area contributed by atoms with Gasteiger partial charge < -0.3 is 4.42 Å². The normalized spacial score (nSPS) is 13.4. The van der Waals surface area contributed by atoms with Crippen LogP contribution in [-0.4, -0.2) is 0 Å². The molecule has 0 saturated heterocycles. The summed E-state index contributed by atoms with van der Waals surface area (Å²) in [5.74, 6) is 0. The lowest BCUT2D eigenvalue weighted by Gasteiger charge is -2.33. The van der Waals surface area contributed by atoms with E-state index in [1.807, 2.05) is 12.2 Å². The van der Waals surface area contributed by atoms with Gasteiger partial charge in [-0.15, -0.1) is 0 Å². The molecule has 0 radical (unpaired) electrons. The van der Waals surface area contributed by atoms with Crippen LogP contribution in [0.25, 0.3) is 90.2 Å². The van der Waals surface area contributed by atoms with Crippen molar-refractivity contribution in [3.8, 4) is 44.5 Å². The second-order valence-electron chi connectivity index (χ2n) is 17.4. The van der Waals surface area contributed by atoms with Crippen molar-refractivity contribution in [2.24, 2.45) is 0 Å². The number of hydrogen-bond acceptors (Lipinski definition) is 1. The molecule has 9 aromatic carbocycles. The molecule has 0 spiro atoms. The van der Waals surface area contributed by atoms with E-state index in [0.717, 1.165) is 60.5 Å². The second kappa shape index (κ2) is 16.7. The molecule has 0 amide bonds. The number of aryl methyl sites for hydroxylation is 1. The van der Waals surface area contributed by atoms with Crippen LogP contribution in [0.15, 0.2) is 230 Å². The van der Waals surface area contributed by atoms with Gasteiger partial charge in [0.2, 0.25) is 0 Å². The molecule has 1 heterocycles. The van der Waals surface area contributed by atoms with E-state index in [4.69, 9.17) is 4.42 Å². The Kier molecular flexibility index (Phi) is 10.3. The van der Waals surface area contributed by atoms with E-state index < -0.39 is 5.41 Å². The Balaban J connectivity index is 1.02. The molecule has 11 rings (SSSR count). The Labute approximate surface area is 387 Å². The van der Waals surface area contributed by atoms with Crippen LogP contribution in [0.3, 0.4) is 0 Å². The summed E-state index contributed by atoms with van der Waals surface area (Å²) in [4.78, 5) is 0. The minimum Gasteiger partial charge on any atom is -0.456 e. The molecule has 10 aromatic rings. The Bertz CT molecular complexity index is 3640. The number of fused-ring (bicyclic) bond motifs is 6. The number of allylic oxidation sites excluding steroid dienone is 3. The summed E-state index contributed by atoms with van der Waals surface area (Å²) in [6.07, 6.45) is 10.2. The van der Waals surface area contributed by atoms with Gasteiger partial charge in [0.1, 0.15) is 11.2 Å². The molecule has 1 heteroatoms. The van der Waals surface area contributed by atoms with Crippen LogP contribution in [0.2, 0.25) is 0 Å². The number of rotatable bonds is 9. The quantitative estimate of drug-likeness (QED) is 0.132. The van der Waals surface area contributed by atoms with Crippen molar-refractivity contribution < 1.29 is 4.42 Å². The van der Waals surface area contributed by atoms with Gasteiger partial charge in [0.25, 0.3) is 0 Å². The maximum Gasteiger partial charge on any atom is 0.136 e. The van der Waals surface area contributed by atoms with Gasteiger partial charge in [-0.05, 0) is 156 Å². The monoisotopic (exact) mass is 844 g/mol. The summed E-state index contributed by atoms with van der Waals surface area (Å²) in [7, 11) is 0. The van der Waals surface area contributed by atoms with Crippen LogP contribution in [0.1, 0.15) is 45.9 Å². The van der Waals surface area contributed by atoms with Crippen molar-refractivity contribution in [1.29, 1.82) is 0 Å². The zero-order valence-corrected chi connectivity index (χ0v) is 37.3. The largest absolute Gasteiger partial charge is 0.456 e. The van der Waals surface area contributed by atoms with Gasteiger partial charge in [-0.3, -0.25) is 0 Å². The van der Waals surface area contributed by atoms with Crippen LogP contribution >= 0.6 is 0 Å². The highest BCUT2D eigenvalue weighted by atomic mass is 16.3. The van der Waals surface area contributed by atoms with Gasteiger partial charge in [-0.1, -0.05) is 201 Å². The molecule has 0 N–H and O–H groups in total. The van der Waals surface area contributed by atoms with E-state index in [0.29, 0.717) is 0 Å². The first kappa shape index (κ1) is 40.5. The summed E-state index contributed by atoms with van der Waals surface area (Å²) in [6.45, 7) is 12.7. The van der Waals surface area contributed by atoms with Crippen LogP contribution in [0.5, 0.6) is 0 Å². The molecule has 0 fully saturated rings. The van der Waals surface area contributed by atoms with E-state index in [-0.39, 0.29) is 0 Å². The summed E-state index contributed by atoms with van der Waals surface area (Å²) in [6, 6.07) is 73.0. The van der Waals surface area contributed by atoms with Crippen molar-refractivity contribution in [2.75, 3.05) is 0 Å². The molecular weight excluding hydrogens is 797 g/mol. The third-order valence-corrected chi connectivity index (χ3v) is 13.6. The fourth-order valence-corrected chi connectivity index (χ4v) is 10.3. The first-order valence-electron chi connectivity index (χ1n) is 22.7. The number of hydrogen-bond donors (Lipinski definition) is 0. The van der Waals surface area contributed by atoms with Gasteiger partial charge in [0, 0.05) is 10.8 Å². The highest BCUT2D eigenvalue weighted by Crippen LogP contribution is 2.56. The van der Waals surface area contributed by atoms with Crippen LogP contribution in [0, 0.1) is 6.92 Å². The highest BCUT2D eigenvalue weighted by Gasteiger charge is 2.46. The van der Waals surface area contributed by atoms with Gasteiger partial charge in [0.15, 0.2) is 0 Å². The minimum absolute atomic E-state index is 0.497. The van der Waals surface area contributed by atoms with E-state index in [2.05, 4.69) is 245 Å². The van der Waals surface area contributed by atoms with Crippen LogP contribution in [0.4, 0.5) is 0 Å².